The molecule has 0 atom stereocenters. The van der Waals surface area contributed by atoms with Crippen LogP contribution in [0.5, 0.6) is 0 Å². The summed E-state index contributed by atoms with van der Waals surface area (Å²) in [5.74, 6) is 1.11. The number of aromatic amines is 1. The van der Waals surface area contributed by atoms with E-state index in [2.05, 4.69) is 42.8 Å². The van der Waals surface area contributed by atoms with Gasteiger partial charge in [0.1, 0.15) is 0 Å². The summed E-state index contributed by atoms with van der Waals surface area (Å²) in [6.07, 6.45) is 1.93. The third-order valence-corrected chi connectivity index (χ3v) is 6.24. The van der Waals surface area contributed by atoms with E-state index in [1.165, 1.54) is 11.3 Å². The highest BCUT2D eigenvalue weighted by atomic mass is 32.1. The Morgan fingerprint density at radius 3 is 2.79 bits per heavy atom. The average molecular weight is 410 g/mol. The van der Waals surface area contributed by atoms with E-state index in [4.69, 9.17) is 14.8 Å². The van der Waals surface area contributed by atoms with Gasteiger partial charge < -0.3 is 14.6 Å². The van der Waals surface area contributed by atoms with Crippen LogP contribution in [0.15, 0.2) is 29.2 Å². The van der Waals surface area contributed by atoms with E-state index in [0.29, 0.717) is 13.2 Å². The third-order valence-electron chi connectivity index (χ3n) is 5.40. The molecule has 1 aromatic carbocycles. The largest absolute Gasteiger partial charge is 0.378 e. The zero-order chi connectivity index (χ0) is 20.1. The molecule has 0 amide bonds. The smallest absolute Gasteiger partial charge is 0.305 e. The van der Waals surface area contributed by atoms with Crippen molar-refractivity contribution < 1.29 is 4.74 Å². The van der Waals surface area contributed by atoms with Crippen LogP contribution in [-0.4, -0.2) is 45.9 Å². The molecule has 1 aliphatic rings. The molecule has 3 aromatic heterocycles. The molecule has 1 fully saturated rings. The first-order chi connectivity index (χ1) is 14.0. The molecule has 0 aliphatic carbocycles. The summed E-state index contributed by atoms with van der Waals surface area (Å²) in [4.78, 5) is 21.6. The number of aromatic nitrogens is 4. The van der Waals surface area contributed by atoms with E-state index in [1.807, 2.05) is 16.8 Å². The number of nitrogens with one attached hydrogen (secondary N) is 1. The fraction of sp³-hybridized carbons (Fsp3) is 0.381. The fourth-order valence-corrected chi connectivity index (χ4v) is 4.76. The predicted octanol–water partition coefficient (Wildman–Crippen LogP) is 3.57. The summed E-state index contributed by atoms with van der Waals surface area (Å²) >= 11 is 1.24. The van der Waals surface area contributed by atoms with Gasteiger partial charge in [-0.1, -0.05) is 31.3 Å². The number of H-pyrrole nitrogens is 1. The molecule has 8 heteroatoms. The Kier molecular flexibility index (Phi) is 4.40. The van der Waals surface area contributed by atoms with Gasteiger partial charge in [-0.3, -0.25) is 4.79 Å². The molecule has 7 nitrogen and oxygen atoms in total. The molecule has 1 aliphatic heterocycles. The van der Waals surface area contributed by atoms with Crippen molar-refractivity contribution in [3.8, 4) is 11.1 Å². The number of nitrogens with zero attached hydrogens (tertiary/aromatic N) is 4. The van der Waals surface area contributed by atoms with Crippen molar-refractivity contribution in [1.29, 1.82) is 0 Å². The highest BCUT2D eigenvalue weighted by molar-refractivity contribution is 7.16. The number of morpholine rings is 1. The first-order valence-corrected chi connectivity index (χ1v) is 10.7. The van der Waals surface area contributed by atoms with Crippen molar-refractivity contribution in [3.05, 3.63) is 45.3 Å². The van der Waals surface area contributed by atoms with Crippen molar-refractivity contribution in [1.82, 2.24) is 19.6 Å². The molecule has 0 unspecified atom stereocenters. The van der Waals surface area contributed by atoms with Crippen LogP contribution in [0.2, 0.25) is 0 Å². The summed E-state index contributed by atoms with van der Waals surface area (Å²) in [5, 5.41) is 5.02. The number of thiazole rings is 1. The predicted molar refractivity (Wildman–Crippen MR) is 116 cm³/mol. The Balaban J connectivity index is 1.78. The Morgan fingerprint density at radius 1 is 1.24 bits per heavy atom. The van der Waals surface area contributed by atoms with Gasteiger partial charge in [0, 0.05) is 24.8 Å². The van der Waals surface area contributed by atoms with Gasteiger partial charge in [0.05, 0.1) is 34.6 Å². The lowest BCUT2D eigenvalue weighted by atomic mass is 9.97. The maximum absolute atomic E-state index is 11.8. The normalized spacial score (nSPS) is 15.1. The summed E-state index contributed by atoms with van der Waals surface area (Å²) in [6, 6.07) is 6.15. The number of fused-ring (bicyclic) bond motifs is 2. The van der Waals surface area contributed by atoms with Crippen LogP contribution in [-0.2, 0) is 4.74 Å². The van der Waals surface area contributed by atoms with E-state index < -0.39 is 0 Å². The van der Waals surface area contributed by atoms with Gasteiger partial charge in [-0.2, -0.15) is 9.61 Å². The molecule has 4 aromatic rings. The first-order valence-electron chi connectivity index (χ1n) is 9.87. The molecule has 1 saturated heterocycles. The van der Waals surface area contributed by atoms with Crippen molar-refractivity contribution in [2.75, 3.05) is 31.2 Å². The number of rotatable bonds is 3. The van der Waals surface area contributed by atoms with Crippen LogP contribution >= 0.6 is 11.3 Å². The molecular formula is C21H23N5O2S. The summed E-state index contributed by atoms with van der Waals surface area (Å²) in [7, 11) is 0. The van der Waals surface area contributed by atoms with Crippen molar-refractivity contribution >= 4 is 33.0 Å². The molecule has 0 saturated carbocycles. The van der Waals surface area contributed by atoms with E-state index in [0.717, 1.165) is 57.2 Å². The molecule has 0 bridgehead atoms. The van der Waals surface area contributed by atoms with Gasteiger partial charge >= 0.3 is 4.87 Å². The highest BCUT2D eigenvalue weighted by Crippen LogP contribution is 2.37. The van der Waals surface area contributed by atoms with E-state index in [9.17, 15) is 4.79 Å². The topological polar surface area (TPSA) is 75.5 Å². The molecule has 1 N–H and O–H groups in total. The molecule has 29 heavy (non-hydrogen) atoms. The Morgan fingerprint density at radius 2 is 2.03 bits per heavy atom. The second-order valence-electron chi connectivity index (χ2n) is 7.74. The highest BCUT2D eigenvalue weighted by Gasteiger charge is 2.24. The minimum atomic E-state index is -0.0314. The van der Waals surface area contributed by atoms with Crippen LogP contribution < -0.4 is 9.77 Å². The first kappa shape index (κ1) is 18.3. The van der Waals surface area contributed by atoms with Gasteiger partial charge in [0.15, 0.2) is 0 Å². The molecule has 150 valence electrons. The van der Waals surface area contributed by atoms with E-state index in [1.54, 1.807) is 0 Å². The van der Waals surface area contributed by atoms with Gasteiger partial charge in [0.2, 0.25) is 5.95 Å². The maximum atomic E-state index is 11.8. The molecule has 0 spiro atoms. The van der Waals surface area contributed by atoms with Crippen molar-refractivity contribution in [3.63, 3.8) is 0 Å². The summed E-state index contributed by atoms with van der Waals surface area (Å²) in [6.45, 7) is 9.41. The van der Waals surface area contributed by atoms with Crippen molar-refractivity contribution in [2.45, 2.75) is 26.7 Å². The Hall–Kier alpha value is -2.71. The zero-order valence-electron chi connectivity index (χ0n) is 16.7. The lowest BCUT2D eigenvalue weighted by molar-refractivity contribution is 0.122. The number of hydrogen-bond donors (Lipinski definition) is 1. The number of hydrogen-bond acceptors (Lipinski definition) is 6. The van der Waals surface area contributed by atoms with Crippen LogP contribution in [0.1, 0.15) is 31.0 Å². The molecule has 4 heterocycles. The van der Waals surface area contributed by atoms with Crippen LogP contribution in [0, 0.1) is 6.92 Å². The van der Waals surface area contributed by atoms with Gasteiger partial charge in [-0.25, -0.2) is 4.98 Å². The van der Waals surface area contributed by atoms with Gasteiger partial charge in [0.25, 0.3) is 0 Å². The Labute approximate surface area is 172 Å². The zero-order valence-corrected chi connectivity index (χ0v) is 17.5. The quantitative estimate of drug-likeness (QED) is 0.560. The van der Waals surface area contributed by atoms with Crippen LogP contribution in [0.3, 0.4) is 0 Å². The Bertz CT molecular complexity index is 1260. The molecule has 0 radical (unpaired) electrons. The monoisotopic (exact) mass is 409 g/mol. The molecule has 5 rings (SSSR count). The number of benzene rings is 1. The number of anilines is 1. The minimum absolute atomic E-state index is 0.0314. The lowest BCUT2D eigenvalue weighted by Crippen LogP contribution is -2.38. The number of aryl methyl sites for hydroxylation is 1. The lowest BCUT2D eigenvalue weighted by Gasteiger charge is -2.27. The van der Waals surface area contributed by atoms with E-state index >= 15 is 0 Å². The second-order valence-corrected chi connectivity index (χ2v) is 8.76. The second kappa shape index (κ2) is 6.96. The van der Waals surface area contributed by atoms with Crippen molar-refractivity contribution in [2.24, 2.45) is 0 Å². The summed E-state index contributed by atoms with van der Waals surface area (Å²) < 4.78 is 8.46. The number of ether oxygens (including phenoxy) is 1. The van der Waals surface area contributed by atoms with Crippen LogP contribution in [0.4, 0.5) is 5.95 Å². The van der Waals surface area contributed by atoms with Gasteiger partial charge in [-0.15, -0.1) is 0 Å². The molecular weight excluding hydrogens is 386 g/mol. The SMILES string of the molecule is Cc1cnc(N2CCOCC2)n2nc(C(C)C)c(-c3ccc4[nH]c(=O)sc4c3)c12. The maximum Gasteiger partial charge on any atom is 0.305 e. The van der Waals surface area contributed by atoms with Crippen LogP contribution in [0.25, 0.3) is 26.9 Å². The fourth-order valence-electron chi connectivity index (χ4n) is 3.98. The average Bonchev–Trinajstić information content (AvgIpc) is 3.29. The summed E-state index contributed by atoms with van der Waals surface area (Å²) in [5.41, 5.74) is 6.27. The third kappa shape index (κ3) is 3.03. The minimum Gasteiger partial charge on any atom is -0.378 e. The van der Waals surface area contributed by atoms with Gasteiger partial charge in [-0.05, 0) is 36.1 Å². The standard InChI is InChI=1S/C21H23N5O2S/c1-12(2)18-17(14-4-5-15-16(10-14)29-21(27)23-15)19-13(3)11-22-20(26(19)24-18)25-6-8-28-9-7-25/h4-5,10-12H,6-9H2,1-3H3,(H,23,27). The van der Waals surface area contributed by atoms with E-state index in [-0.39, 0.29) is 10.8 Å².